The summed E-state index contributed by atoms with van der Waals surface area (Å²) in [7, 11) is 0. The number of aromatic nitrogens is 2. The van der Waals surface area contributed by atoms with E-state index >= 15 is 0 Å². The second-order valence-electron chi connectivity index (χ2n) is 9.25. The smallest absolute Gasteiger partial charge is 0.251 e. The number of nitrogens with zero attached hydrogens (tertiary/aromatic N) is 1. The first-order chi connectivity index (χ1) is 16.3. The number of nitrogens with one attached hydrogen (secondary N) is 1. The fraction of sp³-hybridized carbons (Fsp3) is 0.357. The van der Waals surface area contributed by atoms with Gasteiger partial charge in [0.1, 0.15) is 0 Å². The molecule has 1 N–H and O–H groups in total. The standard InChI is InChI=1S/C16H19NO3.C12H13NO/c1-11(2)12-3-5-14-13(9-12)4-6-15(18)17(14)10-16-19-7-8-20-16;1-8(2)9-3-5-11-10(7-9)4-6-12(14)13-11/h3-6,9,11,16H,7-8,10H2,1-2H3;3-8H,1-2H3,(H,13,14). The van der Waals surface area contributed by atoms with Crippen LogP contribution < -0.4 is 11.1 Å². The van der Waals surface area contributed by atoms with Crippen molar-refractivity contribution >= 4 is 21.8 Å². The van der Waals surface area contributed by atoms with Gasteiger partial charge >= 0.3 is 0 Å². The van der Waals surface area contributed by atoms with Gasteiger partial charge in [0.2, 0.25) is 5.56 Å². The summed E-state index contributed by atoms with van der Waals surface area (Å²) in [4.78, 5) is 25.9. The summed E-state index contributed by atoms with van der Waals surface area (Å²) in [6.45, 7) is 10.3. The van der Waals surface area contributed by atoms with E-state index in [0.717, 1.165) is 21.8 Å². The van der Waals surface area contributed by atoms with Gasteiger partial charge in [0.25, 0.3) is 5.56 Å². The van der Waals surface area contributed by atoms with Crippen LogP contribution in [-0.4, -0.2) is 29.1 Å². The molecule has 6 heteroatoms. The summed E-state index contributed by atoms with van der Waals surface area (Å²) in [6, 6.07) is 19.3. The van der Waals surface area contributed by atoms with Crippen molar-refractivity contribution in [1.82, 2.24) is 9.55 Å². The lowest BCUT2D eigenvalue weighted by Gasteiger charge is -2.15. The monoisotopic (exact) mass is 460 g/mol. The summed E-state index contributed by atoms with van der Waals surface area (Å²) in [5, 5.41) is 2.17. The van der Waals surface area contributed by atoms with E-state index in [2.05, 4.69) is 56.9 Å². The van der Waals surface area contributed by atoms with Gasteiger partial charge < -0.3 is 19.0 Å². The van der Waals surface area contributed by atoms with Crippen molar-refractivity contribution in [2.45, 2.75) is 52.4 Å². The third-order valence-electron chi connectivity index (χ3n) is 6.12. The molecule has 3 heterocycles. The maximum Gasteiger partial charge on any atom is 0.251 e. The summed E-state index contributed by atoms with van der Waals surface area (Å²) in [5.41, 5.74) is 4.34. The minimum atomic E-state index is -0.317. The topological polar surface area (TPSA) is 73.3 Å². The molecular formula is C28H32N2O4. The van der Waals surface area contributed by atoms with Crippen LogP contribution in [0.15, 0.2) is 70.3 Å². The summed E-state index contributed by atoms with van der Waals surface area (Å²) in [6.07, 6.45) is -0.317. The second-order valence-corrected chi connectivity index (χ2v) is 9.25. The first-order valence-electron chi connectivity index (χ1n) is 11.8. The van der Waals surface area contributed by atoms with Crippen LogP contribution in [0.1, 0.15) is 50.7 Å². The Morgan fingerprint density at radius 2 is 1.44 bits per heavy atom. The highest BCUT2D eigenvalue weighted by atomic mass is 16.7. The molecule has 0 amide bonds. The van der Waals surface area contributed by atoms with Gasteiger partial charge in [0, 0.05) is 17.6 Å². The average Bonchev–Trinajstić information content (AvgIpc) is 3.34. The van der Waals surface area contributed by atoms with Crippen LogP contribution in [0.5, 0.6) is 0 Å². The van der Waals surface area contributed by atoms with Crippen molar-refractivity contribution < 1.29 is 9.47 Å². The highest BCUT2D eigenvalue weighted by Crippen LogP contribution is 2.21. The molecular weight excluding hydrogens is 428 g/mol. The Labute approximate surface area is 199 Å². The van der Waals surface area contributed by atoms with Crippen LogP contribution in [0.2, 0.25) is 0 Å². The van der Waals surface area contributed by atoms with Crippen LogP contribution >= 0.6 is 0 Å². The predicted molar refractivity (Wildman–Crippen MR) is 137 cm³/mol. The molecule has 178 valence electrons. The number of pyridine rings is 2. The summed E-state index contributed by atoms with van der Waals surface area (Å²) in [5.74, 6) is 0.993. The summed E-state index contributed by atoms with van der Waals surface area (Å²) >= 11 is 0. The maximum atomic E-state index is 12.1. The van der Waals surface area contributed by atoms with Crippen molar-refractivity contribution in [3.05, 3.63) is 92.5 Å². The van der Waals surface area contributed by atoms with Crippen molar-refractivity contribution in [2.24, 2.45) is 0 Å². The Morgan fingerprint density at radius 3 is 2.12 bits per heavy atom. The van der Waals surface area contributed by atoms with E-state index in [-0.39, 0.29) is 17.4 Å². The molecule has 0 unspecified atom stereocenters. The first-order valence-corrected chi connectivity index (χ1v) is 11.8. The van der Waals surface area contributed by atoms with Gasteiger partial charge in [-0.2, -0.15) is 0 Å². The van der Waals surface area contributed by atoms with Crippen molar-refractivity contribution in [2.75, 3.05) is 13.2 Å². The molecule has 2 aromatic heterocycles. The van der Waals surface area contributed by atoms with Crippen LogP contribution in [0.4, 0.5) is 0 Å². The van der Waals surface area contributed by atoms with E-state index < -0.39 is 0 Å². The Morgan fingerprint density at radius 1 is 0.824 bits per heavy atom. The van der Waals surface area contributed by atoms with Gasteiger partial charge in [-0.05, 0) is 70.1 Å². The Bertz CT molecular complexity index is 1400. The second kappa shape index (κ2) is 10.4. The van der Waals surface area contributed by atoms with E-state index in [0.29, 0.717) is 31.6 Å². The zero-order valence-corrected chi connectivity index (χ0v) is 20.2. The highest BCUT2D eigenvalue weighted by Gasteiger charge is 2.18. The number of fused-ring (bicyclic) bond motifs is 2. The van der Waals surface area contributed by atoms with E-state index in [1.54, 1.807) is 16.7 Å². The third kappa shape index (κ3) is 5.46. The first kappa shape index (κ1) is 23.9. The molecule has 5 rings (SSSR count). The largest absolute Gasteiger partial charge is 0.348 e. The number of ether oxygens (including phenoxy) is 2. The fourth-order valence-corrected chi connectivity index (χ4v) is 4.06. The Kier molecular flexibility index (Phi) is 7.29. The lowest BCUT2D eigenvalue weighted by atomic mass is 10.0. The van der Waals surface area contributed by atoms with Gasteiger partial charge in [-0.3, -0.25) is 9.59 Å². The lowest BCUT2D eigenvalue weighted by Crippen LogP contribution is -2.26. The van der Waals surface area contributed by atoms with Crippen molar-refractivity contribution in [3.8, 4) is 0 Å². The molecule has 0 aliphatic carbocycles. The van der Waals surface area contributed by atoms with E-state index in [1.807, 2.05) is 24.3 Å². The minimum Gasteiger partial charge on any atom is -0.348 e. The molecule has 0 saturated carbocycles. The molecule has 0 spiro atoms. The number of hydrogen-bond donors (Lipinski definition) is 1. The van der Waals surface area contributed by atoms with Crippen molar-refractivity contribution in [3.63, 3.8) is 0 Å². The van der Waals surface area contributed by atoms with Crippen LogP contribution in [-0.2, 0) is 16.0 Å². The van der Waals surface area contributed by atoms with Crippen molar-refractivity contribution in [1.29, 1.82) is 0 Å². The van der Waals surface area contributed by atoms with Crippen LogP contribution in [0, 0.1) is 0 Å². The molecule has 1 aliphatic heterocycles. The molecule has 6 nitrogen and oxygen atoms in total. The molecule has 34 heavy (non-hydrogen) atoms. The molecule has 2 aromatic carbocycles. The molecule has 0 radical (unpaired) electrons. The zero-order chi connectivity index (χ0) is 24.2. The van der Waals surface area contributed by atoms with E-state index in [1.165, 1.54) is 11.1 Å². The normalized spacial score (nSPS) is 14.2. The van der Waals surface area contributed by atoms with Gasteiger partial charge in [-0.25, -0.2) is 0 Å². The molecule has 0 bridgehead atoms. The SMILES string of the molecule is CC(C)c1ccc2[nH]c(=O)ccc2c1.CC(C)c1ccc2c(ccc(=O)n2CC2OCCO2)c1. The molecule has 0 atom stereocenters. The van der Waals surface area contributed by atoms with Gasteiger partial charge in [-0.1, -0.05) is 39.8 Å². The maximum absolute atomic E-state index is 12.1. The predicted octanol–water partition coefficient (Wildman–Crippen LogP) is 5.15. The van der Waals surface area contributed by atoms with Gasteiger partial charge in [-0.15, -0.1) is 0 Å². The quantitative estimate of drug-likeness (QED) is 0.457. The molecule has 1 saturated heterocycles. The van der Waals surface area contributed by atoms with Gasteiger partial charge in [0.05, 0.1) is 25.3 Å². The van der Waals surface area contributed by atoms with Gasteiger partial charge in [0.15, 0.2) is 6.29 Å². The summed E-state index contributed by atoms with van der Waals surface area (Å²) < 4.78 is 12.6. The number of H-pyrrole nitrogens is 1. The average molecular weight is 461 g/mol. The fourth-order valence-electron chi connectivity index (χ4n) is 4.06. The number of rotatable bonds is 4. The van der Waals surface area contributed by atoms with E-state index in [4.69, 9.17) is 9.47 Å². The zero-order valence-electron chi connectivity index (χ0n) is 20.2. The van der Waals surface area contributed by atoms with Crippen LogP contribution in [0.3, 0.4) is 0 Å². The number of benzene rings is 2. The number of hydrogen-bond acceptors (Lipinski definition) is 4. The Hall–Kier alpha value is -3.22. The molecule has 1 aliphatic rings. The van der Waals surface area contributed by atoms with E-state index in [9.17, 15) is 9.59 Å². The molecule has 4 aromatic rings. The van der Waals surface area contributed by atoms with Crippen LogP contribution in [0.25, 0.3) is 21.8 Å². The lowest BCUT2D eigenvalue weighted by molar-refractivity contribution is -0.0522. The third-order valence-corrected chi connectivity index (χ3v) is 6.12. The minimum absolute atomic E-state index is 0.0195. The highest BCUT2D eigenvalue weighted by molar-refractivity contribution is 5.80. The molecule has 1 fully saturated rings. The number of aromatic amines is 1. The Balaban J connectivity index is 0.000000172.